The SMILES string of the molecule is O=C(O)C/C(=C/O)CCCCCCCCCCCCCC/C=C/O. The van der Waals surface area contributed by atoms with E-state index in [9.17, 15) is 4.79 Å². The van der Waals surface area contributed by atoms with Crippen molar-refractivity contribution in [1.82, 2.24) is 0 Å². The van der Waals surface area contributed by atoms with Gasteiger partial charge in [0.25, 0.3) is 0 Å². The van der Waals surface area contributed by atoms with E-state index in [-0.39, 0.29) is 6.42 Å². The molecule has 0 amide bonds. The van der Waals surface area contributed by atoms with Gasteiger partial charge in [0.2, 0.25) is 0 Å². The Morgan fingerprint density at radius 1 is 0.708 bits per heavy atom. The third kappa shape index (κ3) is 16.9. The molecule has 0 aromatic carbocycles. The van der Waals surface area contributed by atoms with Crippen LogP contribution < -0.4 is 0 Å². The minimum atomic E-state index is -0.878. The van der Waals surface area contributed by atoms with E-state index < -0.39 is 5.97 Å². The van der Waals surface area contributed by atoms with Crippen LogP contribution in [0.5, 0.6) is 0 Å². The molecule has 0 aromatic rings. The van der Waals surface area contributed by atoms with E-state index in [2.05, 4.69) is 0 Å². The number of hydrogen-bond acceptors (Lipinski definition) is 3. The lowest BCUT2D eigenvalue weighted by Crippen LogP contribution is -1.97. The van der Waals surface area contributed by atoms with Gasteiger partial charge in [0.15, 0.2) is 0 Å². The van der Waals surface area contributed by atoms with E-state index >= 15 is 0 Å². The zero-order valence-electron chi connectivity index (χ0n) is 15.1. The molecular weight excluding hydrogens is 304 g/mol. The summed E-state index contributed by atoms with van der Waals surface area (Å²) >= 11 is 0. The van der Waals surface area contributed by atoms with E-state index in [1.54, 1.807) is 0 Å². The average molecular weight is 341 g/mol. The van der Waals surface area contributed by atoms with Gasteiger partial charge in [-0.3, -0.25) is 4.79 Å². The molecule has 0 aliphatic rings. The Morgan fingerprint density at radius 2 is 1.17 bits per heavy atom. The largest absolute Gasteiger partial charge is 0.516 e. The van der Waals surface area contributed by atoms with Crippen LogP contribution in [0.4, 0.5) is 0 Å². The van der Waals surface area contributed by atoms with Crippen LogP contribution >= 0.6 is 0 Å². The fourth-order valence-electron chi connectivity index (χ4n) is 2.85. The van der Waals surface area contributed by atoms with Crippen LogP contribution in [0.25, 0.3) is 0 Å². The van der Waals surface area contributed by atoms with Gasteiger partial charge < -0.3 is 15.3 Å². The predicted molar refractivity (Wildman–Crippen MR) is 99.4 cm³/mol. The molecule has 0 bridgehead atoms. The molecule has 0 fully saturated rings. The maximum Gasteiger partial charge on any atom is 0.307 e. The number of allylic oxidation sites excluding steroid dienone is 1. The quantitative estimate of drug-likeness (QED) is 0.210. The van der Waals surface area contributed by atoms with Crippen LogP contribution in [0.15, 0.2) is 24.2 Å². The van der Waals surface area contributed by atoms with Crippen molar-refractivity contribution < 1.29 is 20.1 Å². The Morgan fingerprint density at radius 3 is 1.58 bits per heavy atom. The van der Waals surface area contributed by atoms with Crippen LogP contribution in [-0.2, 0) is 4.79 Å². The molecule has 4 heteroatoms. The van der Waals surface area contributed by atoms with Crippen LogP contribution in [0, 0.1) is 0 Å². The third-order valence-corrected chi connectivity index (χ3v) is 4.28. The second-order valence-electron chi connectivity index (χ2n) is 6.52. The van der Waals surface area contributed by atoms with E-state index in [1.165, 1.54) is 64.2 Å². The molecule has 0 spiro atoms. The van der Waals surface area contributed by atoms with Crippen molar-refractivity contribution in [1.29, 1.82) is 0 Å². The van der Waals surface area contributed by atoms with Gasteiger partial charge in [-0.05, 0) is 31.3 Å². The average Bonchev–Trinajstić information content (AvgIpc) is 2.56. The van der Waals surface area contributed by atoms with Crippen LogP contribution in [0.2, 0.25) is 0 Å². The summed E-state index contributed by atoms with van der Waals surface area (Å²) in [7, 11) is 0. The van der Waals surface area contributed by atoms with Gasteiger partial charge in [-0.15, -0.1) is 0 Å². The Kier molecular flexibility index (Phi) is 16.8. The van der Waals surface area contributed by atoms with Crippen LogP contribution in [0.1, 0.15) is 96.3 Å². The van der Waals surface area contributed by atoms with Gasteiger partial charge in [0, 0.05) is 0 Å². The maximum atomic E-state index is 10.6. The second kappa shape index (κ2) is 17.9. The molecular formula is C20H36O4. The Balaban J connectivity index is 3.21. The summed E-state index contributed by atoms with van der Waals surface area (Å²) in [4.78, 5) is 10.6. The highest BCUT2D eigenvalue weighted by molar-refractivity contribution is 5.69. The normalized spacial score (nSPS) is 12.1. The summed E-state index contributed by atoms with van der Waals surface area (Å²) in [6.45, 7) is 0. The minimum absolute atomic E-state index is 0.0470. The molecule has 0 saturated carbocycles. The fourth-order valence-corrected chi connectivity index (χ4v) is 2.85. The van der Waals surface area contributed by atoms with Crippen LogP contribution in [0.3, 0.4) is 0 Å². The standard InChI is InChI=1S/C20H36O4/c21-16-14-12-10-8-6-4-2-1-3-5-7-9-11-13-15-19(18-22)17-20(23)24/h14,16,18,21-22H,1-13,15,17H2,(H,23,24)/b16-14+,19-18+. The monoisotopic (exact) mass is 340 g/mol. The highest BCUT2D eigenvalue weighted by atomic mass is 16.4. The first kappa shape index (κ1) is 22.6. The van der Waals surface area contributed by atoms with Gasteiger partial charge in [0.05, 0.1) is 18.9 Å². The summed E-state index contributed by atoms with van der Waals surface area (Å²) < 4.78 is 0. The van der Waals surface area contributed by atoms with E-state index in [0.717, 1.165) is 31.8 Å². The molecule has 0 aliphatic carbocycles. The highest BCUT2D eigenvalue weighted by Crippen LogP contribution is 2.15. The molecule has 0 rings (SSSR count). The van der Waals surface area contributed by atoms with Gasteiger partial charge in [-0.1, -0.05) is 70.3 Å². The number of hydrogen-bond donors (Lipinski definition) is 3. The number of carbonyl (C=O) groups is 1. The number of unbranched alkanes of at least 4 members (excludes halogenated alkanes) is 12. The van der Waals surface area contributed by atoms with Crippen molar-refractivity contribution in [3.05, 3.63) is 24.2 Å². The zero-order valence-corrected chi connectivity index (χ0v) is 15.1. The molecule has 24 heavy (non-hydrogen) atoms. The topological polar surface area (TPSA) is 77.8 Å². The Hall–Kier alpha value is -1.45. The predicted octanol–water partition coefficient (Wildman–Crippen LogP) is 6.44. The van der Waals surface area contributed by atoms with Crippen LogP contribution in [-0.4, -0.2) is 21.3 Å². The minimum Gasteiger partial charge on any atom is -0.516 e. The molecule has 0 saturated heterocycles. The maximum absolute atomic E-state index is 10.6. The number of rotatable bonds is 17. The molecule has 0 heterocycles. The third-order valence-electron chi connectivity index (χ3n) is 4.28. The molecule has 0 unspecified atom stereocenters. The first-order valence-corrected chi connectivity index (χ1v) is 9.54. The van der Waals surface area contributed by atoms with Crippen molar-refractivity contribution in [2.45, 2.75) is 96.3 Å². The van der Waals surface area contributed by atoms with Gasteiger partial charge >= 0.3 is 5.97 Å². The Labute approximate surface area is 147 Å². The van der Waals surface area contributed by atoms with Crippen molar-refractivity contribution >= 4 is 5.97 Å². The lowest BCUT2D eigenvalue weighted by atomic mass is 10.0. The number of carboxylic acids is 1. The number of aliphatic carboxylic acids is 1. The summed E-state index contributed by atoms with van der Waals surface area (Å²) in [6.07, 6.45) is 20.4. The van der Waals surface area contributed by atoms with Crippen molar-refractivity contribution in [2.24, 2.45) is 0 Å². The molecule has 4 nitrogen and oxygen atoms in total. The van der Waals surface area contributed by atoms with Crippen molar-refractivity contribution in [2.75, 3.05) is 0 Å². The number of aliphatic hydroxyl groups is 2. The molecule has 3 N–H and O–H groups in total. The first-order chi connectivity index (χ1) is 11.7. The van der Waals surface area contributed by atoms with Crippen molar-refractivity contribution in [3.8, 4) is 0 Å². The Bertz CT molecular complexity index is 348. The molecule has 0 aliphatic heterocycles. The zero-order chi connectivity index (χ0) is 17.9. The summed E-state index contributed by atoms with van der Waals surface area (Å²) in [6, 6.07) is 0. The van der Waals surface area contributed by atoms with Gasteiger partial charge in [-0.2, -0.15) is 0 Å². The summed E-state index contributed by atoms with van der Waals surface area (Å²) in [5.41, 5.74) is 0.620. The van der Waals surface area contributed by atoms with E-state index in [0.29, 0.717) is 12.0 Å². The fraction of sp³-hybridized carbons (Fsp3) is 0.750. The smallest absolute Gasteiger partial charge is 0.307 e. The van der Waals surface area contributed by atoms with Gasteiger partial charge in [0.1, 0.15) is 0 Å². The molecule has 0 radical (unpaired) electrons. The molecule has 140 valence electrons. The van der Waals surface area contributed by atoms with E-state index in [1.807, 2.05) is 6.08 Å². The second-order valence-corrected chi connectivity index (χ2v) is 6.52. The summed E-state index contributed by atoms with van der Waals surface area (Å²) in [5, 5.41) is 26.1. The molecule has 0 aromatic heterocycles. The number of aliphatic hydroxyl groups excluding tert-OH is 2. The summed E-state index contributed by atoms with van der Waals surface area (Å²) in [5.74, 6) is -0.878. The lowest BCUT2D eigenvalue weighted by Gasteiger charge is -2.04. The number of carboxylic acid groups (broad SMARTS) is 1. The lowest BCUT2D eigenvalue weighted by molar-refractivity contribution is -0.136. The van der Waals surface area contributed by atoms with E-state index in [4.69, 9.17) is 15.3 Å². The van der Waals surface area contributed by atoms with Crippen molar-refractivity contribution in [3.63, 3.8) is 0 Å². The van der Waals surface area contributed by atoms with Gasteiger partial charge in [-0.25, -0.2) is 0 Å². The first-order valence-electron chi connectivity index (χ1n) is 9.54. The molecule has 0 atom stereocenters. The highest BCUT2D eigenvalue weighted by Gasteiger charge is 2.03.